The summed E-state index contributed by atoms with van der Waals surface area (Å²) in [5.41, 5.74) is 6.81. The molecule has 0 fully saturated rings. The molecule has 1 rings (SSSR count). The van der Waals surface area contributed by atoms with E-state index in [2.05, 4.69) is 5.32 Å². The smallest absolute Gasteiger partial charge is 0.237 e. The maximum atomic E-state index is 12.1. The third-order valence-corrected chi connectivity index (χ3v) is 3.63. The molecule has 0 heterocycles. The van der Waals surface area contributed by atoms with Gasteiger partial charge in [0.2, 0.25) is 5.91 Å². The van der Waals surface area contributed by atoms with Crippen LogP contribution >= 0.6 is 0 Å². The lowest BCUT2D eigenvalue weighted by Crippen LogP contribution is -2.49. The molecule has 4 nitrogen and oxygen atoms in total. The number of carbonyl (C=O) groups excluding carboxylic acids is 1. The fraction of sp³-hybridized carbons (Fsp3) is 0.588. The van der Waals surface area contributed by atoms with Gasteiger partial charge in [-0.25, -0.2) is 0 Å². The predicted octanol–water partition coefficient (Wildman–Crippen LogP) is 2.03. The molecule has 21 heavy (non-hydrogen) atoms. The Morgan fingerprint density at radius 3 is 2.33 bits per heavy atom. The number of amides is 1. The lowest BCUT2D eigenvalue weighted by atomic mass is 9.86. The van der Waals surface area contributed by atoms with Gasteiger partial charge in [0.25, 0.3) is 0 Å². The van der Waals surface area contributed by atoms with Crippen LogP contribution in [0.4, 0.5) is 0 Å². The van der Waals surface area contributed by atoms with Crippen molar-refractivity contribution in [3.05, 3.63) is 35.9 Å². The lowest BCUT2D eigenvalue weighted by molar-refractivity contribution is -0.124. The molecule has 4 N–H and O–H groups in total. The highest BCUT2D eigenvalue weighted by Crippen LogP contribution is 2.21. The van der Waals surface area contributed by atoms with Crippen molar-refractivity contribution in [1.82, 2.24) is 5.32 Å². The zero-order chi connectivity index (χ0) is 16.0. The topological polar surface area (TPSA) is 75.3 Å². The van der Waals surface area contributed by atoms with Gasteiger partial charge in [-0.15, -0.1) is 0 Å². The first kappa shape index (κ1) is 17.7. The molecule has 4 heteroatoms. The summed E-state index contributed by atoms with van der Waals surface area (Å²) in [4.78, 5) is 12.1. The molecule has 2 unspecified atom stereocenters. The number of nitrogens with one attached hydrogen (secondary N) is 1. The zero-order valence-corrected chi connectivity index (χ0v) is 13.5. The van der Waals surface area contributed by atoms with Gasteiger partial charge in [-0.1, -0.05) is 51.1 Å². The van der Waals surface area contributed by atoms with Gasteiger partial charge in [-0.05, 0) is 24.3 Å². The Morgan fingerprint density at radius 2 is 1.86 bits per heavy atom. The molecule has 0 aromatic heterocycles. The standard InChI is InChI=1S/C17H28N2O2/c1-12(20)10-14(13-8-6-5-7-9-13)11-19-16(21)15(18)17(2,3)4/h5-9,12,14-15,20H,10-11,18H2,1-4H3,(H,19,21)/t12?,14?,15-/m1/s1. The van der Waals surface area contributed by atoms with Gasteiger partial charge in [-0.2, -0.15) is 0 Å². The molecule has 1 aromatic carbocycles. The monoisotopic (exact) mass is 292 g/mol. The molecule has 0 aliphatic heterocycles. The van der Waals surface area contributed by atoms with Crippen molar-refractivity contribution in [2.75, 3.05) is 6.54 Å². The number of aliphatic hydroxyl groups excluding tert-OH is 1. The number of hydrogen-bond acceptors (Lipinski definition) is 3. The Bertz CT molecular complexity index is 438. The van der Waals surface area contributed by atoms with Crippen LogP contribution in [0.25, 0.3) is 0 Å². The van der Waals surface area contributed by atoms with Gasteiger partial charge >= 0.3 is 0 Å². The third-order valence-electron chi connectivity index (χ3n) is 3.63. The Hall–Kier alpha value is -1.39. The molecule has 0 aliphatic rings. The minimum absolute atomic E-state index is 0.0855. The second-order valence-corrected chi connectivity index (χ2v) is 6.78. The van der Waals surface area contributed by atoms with Crippen molar-refractivity contribution >= 4 is 5.91 Å². The molecule has 1 amide bonds. The lowest BCUT2D eigenvalue weighted by Gasteiger charge is -2.27. The Kier molecular flexibility index (Phi) is 6.37. The summed E-state index contributed by atoms with van der Waals surface area (Å²) in [5, 5.41) is 12.6. The van der Waals surface area contributed by atoms with E-state index in [1.165, 1.54) is 0 Å². The van der Waals surface area contributed by atoms with Gasteiger partial charge in [0.15, 0.2) is 0 Å². The maximum absolute atomic E-state index is 12.1. The van der Waals surface area contributed by atoms with Gasteiger partial charge < -0.3 is 16.2 Å². The van der Waals surface area contributed by atoms with Crippen LogP contribution in [0, 0.1) is 5.41 Å². The number of benzene rings is 1. The third kappa shape index (κ3) is 5.86. The van der Waals surface area contributed by atoms with E-state index < -0.39 is 12.1 Å². The minimum Gasteiger partial charge on any atom is -0.393 e. The van der Waals surface area contributed by atoms with E-state index >= 15 is 0 Å². The van der Waals surface area contributed by atoms with Gasteiger partial charge in [0, 0.05) is 12.5 Å². The molecule has 0 radical (unpaired) electrons. The van der Waals surface area contributed by atoms with Crippen molar-refractivity contribution in [2.24, 2.45) is 11.1 Å². The molecule has 118 valence electrons. The first-order valence-corrected chi connectivity index (χ1v) is 7.48. The van der Waals surface area contributed by atoms with Crippen molar-refractivity contribution < 1.29 is 9.90 Å². The molecule has 0 spiro atoms. The summed E-state index contributed by atoms with van der Waals surface area (Å²) in [7, 11) is 0. The van der Waals surface area contributed by atoms with Crippen molar-refractivity contribution in [3.8, 4) is 0 Å². The average Bonchev–Trinajstić information content (AvgIpc) is 2.41. The number of nitrogens with two attached hydrogens (primary N) is 1. The van der Waals surface area contributed by atoms with Crippen molar-refractivity contribution in [2.45, 2.75) is 52.2 Å². The molecular formula is C17H28N2O2. The van der Waals surface area contributed by atoms with Crippen LogP contribution in [-0.2, 0) is 4.79 Å². The molecule has 1 aromatic rings. The number of carbonyl (C=O) groups is 1. The van der Waals surface area contributed by atoms with Crippen LogP contribution in [0.15, 0.2) is 30.3 Å². The molecular weight excluding hydrogens is 264 g/mol. The molecule has 0 bridgehead atoms. The summed E-state index contributed by atoms with van der Waals surface area (Å²) >= 11 is 0. The fourth-order valence-corrected chi connectivity index (χ4v) is 2.20. The highest BCUT2D eigenvalue weighted by Gasteiger charge is 2.27. The van der Waals surface area contributed by atoms with Crippen LogP contribution in [0.5, 0.6) is 0 Å². The minimum atomic E-state index is -0.541. The first-order valence-electron chi connectivity index (χ1n) is 7.48. The number of rotatable bonds is 6. The van der Waals surface area contributed by atoms with E-state index in [9.17, 15) is 9.90 Å². The zero-order valence-electron chi connectivity index (χ0n) is 13.5. The van der Waals surface area contributed by atoms with E-state index in [0.717, 1.165) is 5.56 Å². The summed E-state index contributed by atoms with van der Waals surface area (Å²) in [6.07, 6.45) is 0.193. The predicted molar refractivity (Wildman–Crippen MR) is 85.9 cm³/mol. The quantitative estimate of drug-likeness (QED) is 0.751. The van der Waals surface area contributed by atoms with Crippen LogP contribution in [0.2, 0.25) is 0 Å². The summed E-state index contributed by atoms with van der Waals surface area (Å²) < 4.78 is 0. The van der Waals surface area contributed by atoms with Crippen LogP contribution < -0.4 is 11.1 Å². The maximum Gasteiger partial charge on any atom is 0.237 e. The first-order chi connectivity index (χ1) is 9.71. The summed E-state index contributed by atoms with van der Waals surface area (Å²) in [6.45, 7) is 8.08. The molecule has 3 atom stereocenters. The van der Waals surface area contributed by atoms with Gasteiger partial charge in [0.1, 0.15) is 0 Å². The number of aliphatic hydroxyl groups is 1. The van der Waals surface area contributed by atoms with E-state index in [4.69, 9.17) is 5.73 Å². The largest absolute Gasteiger partial charge is 0.393 e. The van der Waals surface area contributed by atoms with Crippen LogP contribution in [-0.4, -0.2) is 29.7 Å². The van der Waals surface area contributed by atoms with E-state index in [1.807, 2.05) is 51.1 Å². The van der Waals surface area contributed by atoms with E-state index in [1.54, 1.807) is 6.92 Å². The number of hydrogen-bond donors (Lipinski definition) is 3. The van der Waals surface area contributed by atoms with Crippen LogP contribution in [0.1, 0.15) is 45.6 Å². The van der Waals surface area contributed by atoms with E-state index in [0.29, 0.717) is 13.0 Å². The van der Waals surface area contributed by atoms with Crippen molar-refractivity contribution in [1.29, 1.82) is 0 Å². The Labute approximate surface area is 127 Å². The Morgan fingerprint density at radius 1 is 1.29 bits per heavy atom. The molecule has 0 aliphatic carbocycles. The molecule has 0 saturated carbocycles. The SMILES string of the molecule is CC(O)CC(CNC(=O)[C@@H](N)C(C)(C)C)c1ccccc1. The summed E-state index contributed by atoms with van der Waals surface area (Å²) in [5.74, 6) is -0.0589. The summed E-state index contributed by atoms with van der Waals surface area (Å²) in [6, 6.07) is 9.38. The highest BCUT2D eigenvalue weighted by molar-refractivity contribution is 5.82. The highest BCUT2D eigenvalue weighted by atomic mass is 16.3. The second-order valence-electron chi connectivity index (χ2n) is 6.78. The van der Waals surface area contributed by atoms with Gasteiger partial charge in [0.05, 0.1) is 12.1 Å². The Balaban J connectivity index is 2.69. The normalized spacial score (nSPS) is 16.1. The fourth-order valence-electron chi connectivity index (χ4n) is 2.20. The van der Waals surface area contributed by atoms with Gasteiger partial charge in [-0.3, -0.25) is 4.79 Å². The average molecular weight is 292 g/mol. The van der Waals surface area contributed by atoms with Crippen molar-refractivity contribution in [3.63, 3.8) is 0 Å². The van der Waals surface area contributed by atoms with E-state index in [-0.39, 0.29) is 17.2 Å². The molecule has 0 saturated heterocycles. The second kappa shape index (κ2) is 7.57. The van der Waals surface area contributed by atoms with Crippen LogP contribution in [0.3, 0.4) is 0 Å².